The summed E-state index contributed by atoms with van der Waals surface area (Å²) in [4.78, 5) is 17.9. The van der Waals surface area contributed by atoms with E-state index in [4.69, 9.17) is 30.5 Å². The molecule has 3 N–H and O–H groups in total. The molecule has 0 radical (unpaired) electrons. The van der Waals surface area contributed by atoms with Crippen LogP contribution < -0.4 is 19.5 Å². The van der Waals surface area contributed by atoms with Gasteiger partial charge in [0, 0.05) is 55.8 Å². The Morgan fingerprint density at radius 3 is 2.61 bits per heavy atom. The average Bonchev–Trinajstić information content (AvgIpc) is 3.12. The van der Waals surface area contributed by atoms with E-state index < -0.39 is 18.6 Å². The van der Waals surface area contributed by atoms with Crippen molar-refractivity contribution in [1.82, 2.24) is 15.2 Å². The monoisotopic (exact) mass is 686 g/mol. The number of nitriles is 1. The van der Waals surface area contributed by atoms with Gasteiger partial charge in [-0.05, 0) is 53.4 Å². The molecule has 12 heteroatoms. The summed E-state index contributed by atoms with van der Waals surface area (Å²) < 4.78 is 23.9. The van der Waals surface area contributed by atoms with Gasteiger partial charge in [-0.2, -0.15) is 5.26 Å². The van der Waals surface area contributed by atoms with Gasteiger partial charge in [0.25, 0.3) is 0 Å². The second-order valence-electron chi connectivity index (χ2n) is 11.5. The molecule has 5 rings (SSSR count). The molecule has 0 bridgehead atoms. The molecule has 1 fully saturated rings. The van der Waals surface area contributed by atoms with Gasteiger partial charge < -0.3 is 29.2 Å². The minimum absolute atomic E-state index is 0.0560. The third-order valence-corrected chi connectivity index (χ3v) is 8.50. The first-order valence-corrected chi connectivity index (χ1v) is 16.3. The number of hydrogen-bond acceptors (Lipinski definition) is 10. The highest BCUT2D eigenvalue weighted by Gasteiger charge is 2.19. The van der Waals surface area contributed by atoms with E-state index in [0.717, 1.165) is 60.9 Å². The van der Waals surface area contributed by atoms with Crippen LogP contribution in [0.4, 0.5) is 0 Å². The Balaban J connectivity index is 1.30. The molecule has 256 valence electrons. The van der Waals surface area contributed by atoms with Crippen LogP contribution in [0.2, 0.25) is 5.02 Å². The van der Waals surface area contributed by atoms with Crippen molar-refractivity contribution in [2.75, 3.05) is 46.1 Å². The Labute approximate surface area is 290 Å². The van der Waals surface area contributed by atoms with Crippen LogP contribution in [0, 0.1) is 18.3 Å². The fraction of sp³-hybridized carbons (Fsp3) is 0.324. The number of carboxylic acid groups (broad SMARTS) is 1. The van der Waals surface area contributed by atoms with Gasteiger partial charge in [-0.1, -0.05) is 41.9 Å². The predicted octanol–water partition coefficient (Wildman–Crippen LogP) is 4.99. The number of carboxylic acids is 1. The zero-order chi connectivity index (χ0) is 34.6. The molecule has 4 aromatic rings. The average molecular weight is 687 g/mol. The predicted molar refractivity (Wildman–Crippen MR) is 184 cm³/mol. The zero-order valence-corrected chi connectivity index (χ0v) is 28.0. The van der Waals surface area contributed by atoms with Crippen molar-refractivity contribution in [1.29, 1.82) is 5.26 Å². The van der Waals surface area contributed by atoms with E-state index in [1.165, 1.54) is 6.20 Å². The van der Waals surface area contributed by atoms with Crippen LogP contribution in [0.25, 0.3) is 11.1 Å². The number of rotatable bonds is 16. The minimum Gasteiger partial charge on any atom is -0.492 e. The van der Waals surface area contributed by atoms with Crippen LogP contribution >= 0.6 is 11.6 Å². The van der Waals surface area contributed by atoms with E-state index in [1.807, 2.05) is 37.3 Å². The molecular formula is C37H39ClN4O7. The summed E-state index contributed by atoms with van der Waals surface area (Å²) in [5.74, 6) is 0.398. The normalized spacial score (nSPS) is 13.8. The van der Waals surface area contributed by atoms with E-state index in [1.54, 1.807) is 24.4 Å². The van der Waals surface area contributed by atoms with Gasteiger partial charge in [-0.3, -0.25) is 20.0 Å². The summed E-state index contributed by atoms with van der Waals surface area (Å²) in [6, 6.07) is 20.0. The van der Waals surface area contributed by atoms with Gasteiger partial charge in [0.1, 0.15) is 49.2 Å². The van der Waals surface area contributed by atoms with Crippen LogP contribution in [0.5, 0.6) is 17.2 Å². The molecule has 0 spiro atoms. The van der Waals surface area contributed by atoms with Crippen molar-refractivity contribution in [3.8, 4) is 34.4 Å². The molecule has 3 aromatic carbocycles. The highest BCUT2D eigenvalue weighted by atomic mass is 35.5. The molecule has 1 aromatic heterocycles. The molecule has 11 nitrogen and oxygen atoms in total. The highest BCUT2D eigenvalue weighted by Crippen LogP contribution is 2.35. The number of benzene rings is 3. The Morgan fingerprint density at radius 2 is 1.84 bits per heavy atom. The lowest BCUT2D eigenvalue weighted by molar-refractivity contribution is -0.140. The molecule has 0 unspecified atom stereocenters. The Bertz CT molecular complexity index is 1770. The first-order chi connectivity index (χ1) is 23.8. The van der Waals surface area contributed by atoms with Crippen molar-refractivity contribution >= 4 is 17.6 Å². The number of ether oxygens (including phenoxy) is 4. The zero-order valence-electron chi connectivity index (χ0n) is 27.2. The molecule has 0 amide bonds. The number of pyridine rings is 1. The number of nitrogens with one attached hydrogen (secondary N) is 1. The van der Waals surface area contributed by atoms with E-state index in [-0.39, 0.29) is 19.8 Å². The largest absolute Gasteiger partial charge is 0.492 e. The lowest BCUT2D eigenvalue weighted by Gasteiger charge is -2.26. The van der Waals surface area contributed by atoms with E-state index in [2.05, 4.69) is 33.4 Å². The van der Waals surface area contributed by atoms with Crippen molar-refractivity contribution in [2.24, 2.45) is 0 Å². The Morgan fingerprint density at radius 1 is 1.04 bits per heavy atom. The number of carbonyl (C=O) groups is 1. The van der Waals surface area contributed by atoms with Crippen LogP contribution in [-0.2, 0) is 29.3 Å². The van der Waals surface area contributed by atoms with Crippen LogP contribution in [-0.4, -0.2) is 78.2 Å². The second-order valence-corrected chi connectivity index (χ2v) is 11.9. The standard InChI is InChI=1S/C37H39ClN4O7/c1-25-29(5-3-7-32(25)28-4-2-6-31(15-28)47-13-10-42-8-11-46-12-9-42)24-49-36-17-35(48-23-27-14-26(18-39)19-40-20-27)30(16-33(36)38)21-41-34(22-43)37(44)45/h2-7,14-17,19-20,34,41,43H,8-13,21-24H2,1H3,(H,44,45)/t34-/m1/s1. The number of halogens is 1. The number of hydrogen-bond donors (Lipinski definition) is 3. The first kappa shape index (κ1) is 35.6. The summed E-state index contributed by atoms with van der Waals surface area (Å²) >= 11 is 6.67. The van der Waals surface area contributed by atoms with Gasteiger partial charge in [0.05, 0.1) is 30.4 Å². The van der Waals surface area contributed by atoms with Gasteiger partial charge in [-0.15, -0.1) is 0 Å². The number of aliphatic hydroxyl groups excluding tert-OH is 1. The number of morpholine rings is 1. The van der Waals surface area contributed by atoms with Crippen molar-refractivity contribution in [3.05, 3.63) is 106 Å². The third-order valence-electron chi connectivity index (χ3n) is 8.21. The molecule has 49 heavy (non-hydrogen) atoms. The number of nitrogens with zero attached hydrogens (tertiary/aromatic N) is 3. The quantitative estimate of drug-likeness (QED) is 0.147. The maximum atomic E-state index is 11.5. The lowest BCUT2D eigenvalue weighted by atomic mass is 9.96. The molecule has 1 atom stereocenters. The van der Waals surface area contributed by atoms with Crippen LogP contribution in [0.3, 0.4) is 0 Å². The fourth-order valence-corrected chi connectivity index (χ4v) is 5.63. The molecule has 1 aliphatic heterocycles. The van der Waals surface area contributed by atoms with Gasteiger partial charge >= 0.3 is 5.97 Å². The fourth-order valence-electron chi connectivity index (χ4n) is 5.39. The molecule has 0 saturated carbocycles. The van der Waals surface area contributed by atoms with E-state index in [0.29, 0.717) is 39.8 Å². The van der Waals surface area contributed by atoms with Crippen LogP contribution in [0.1, 0.15) is 27.8 Å². The maximum absolute atomic E-state index is 11.5. The number of aromatic nitrogens is 1. The third kappa shape index (κ3) is 9.92. The van der Waals surface area contributed by atoms with Gasteiger partial charge in [0.15, 0.2) is 0 Å². The summed E-state index contributed by atoms with van der Waals surface area (Å²) in [5.41, 5.74) is 5.74. The lowest BCUT2D eigenvalue weighted by Crippen LogP contribution is -2.39. The maximum Gasteiger partial charge on any atom is 0.323 e. The Kier molecular flexibility index (Phi) is 12.8. The SMILES string of the molecule is Cc1c(COc2cc(OCc3cncc(C#N)c3)c(CN[C@H](CO)C(=O)O)cc2Cl)cccc1-c1cccc(OCCN2CCOCC2)c1. The van der Waals surface area contributed by atoms with Crippen LogP contribution in [0.15, 0.2) is 73.1 Å². The topological polar surface area (TPSA) is 146 Å². The molecule has 2 heterocycles. The smallest absolute Gasteiger partial charge is 0.323 e. The summed E-state index contributed by atoms with van der Waals surface area (Å²) in [7, 11) is 0. The molecule has 0 aliphatic carbocycles. The van der Waals surface area contributed by atoms with E-state index >= 15 is 0 Å². The second kappa shape index (κ2) is 17.6. The number of aliphatic carboxylic acids is 1. The van der Waals surface area contributed by atoms with Gasteiger partial charge in [0.2, 0.25) is 0 Å². The van der Waals surface area contributed by atoms with E-state index in [9.17, 15) is 20.3 Å². The summed E-state index contributed by atoms with van der Waals surface area (Å²) in [6.45, 7) is 6.66. The molecule has 1 aliphatic rings. The molecular weight excluding hydrogens is 648 g/mol. The van der Waals surface area contributed by atoms with Crippen molar-refractivity contribution < 1.29 is 34.0 Å². The molecule has 1 saturated heterocycles. The highest BCUT2D eigenvalue weighted by molar-refractivity contribution is 6.32. The van der Waals surface area contributed by atoms with Gasteiger partial charge in [-0.25, -0.2) is 0 Å². The summed E-state index contributed by atoms with van der Waals surface area (Å²) in [6.07, 6.45) is 3.06. The first-order valence-electron chi connectivity index (χ1n) is 16.0. The van der Waals surface area contributed by atoms with Crippen molar-refractivity contribution in [3.63, 3.8) is 0 Å². The minimum atomic E-state index is -1.18. The Hall–Kier alpha value is -4.70. The summed E-state index contributed by atoms with van der Waals surface area (Å²) in [5, 5.41) is 31.2. The van der Waals surface area contributed by atoms with Crippen molar-refractivity contribution in [2.45, 2.75) is 32.7 Å². The number of aliphatic hydroxyl groups is 1.